The summed E-state index contributed by atoms with van der Waals surface area (Å²) >= 11 is 0. The van der Waals surface area contributed by atoms with Gasteiger partial charge in [-0.05, 0) is 61.4 Å². The maximum Gasteiger partial charge on any atom is 0.452 e. The van der Waals surface area contributed by atoms with E-state index in [0.29, 0.717) is 17.2 Å². The van der Waals surface area contributed by atoms with Crippen LogP contribution in [0, 0.1) is 5.92 Å². The monoisotopic (exact) mass is 483 g/mol. The summed E-state index contributed by atoms with van der Waals surface area (Å²) in [6.45, 7) is 1.46. The first-order chi connectivity index (χ1) is 16.8. The van der Waals surface area contributed by atoms with Gasteiger partial charge in [-0.3, -0.25) is 9.59 Å². The average molecular weight is 483 g/mol. The molecule has 5 rings (SSSR count). The molecule has 2 aliphatic rings. The highest BCUT2D eigenvalue weighted by atomic mass is 19.4. The first kappa shape index (κ1) is 23.1. The third-order valence-corrected chi connectivity index (χ3v) is 6.49. The van der Waals surface area contributed by atoms with Crippen LogP contribution in [0.2, 0.25) is 0 Å². The van der Waals surface area contributed by atoms with Crippen LogP contribution in [0.25, 0.3) is 11.5 Å². The molecule has 0 radical (unpaired) electrons. The van der Waals surface area contributed by atoms with Gasteiger partial charge in [0.2, 0.25) is 17.6 Å². The van der Waals surface area contributed by atoms with Gasteiger partial charge in [0.15, 0.2) is 5.69 Å². The molecule has 0 unspecified atom stereocenters. The summed E-state index contributed by atoms with van der Waals surface area (Å²) in [7, 11) is 0. The molecular formula is C26H24F3N3O3. The average Bonchev–Trinajstić information content (AvgIpc) is 3.61. The van der Waals surface area contributed by atoms with E-state index in [4.69, 9.17) is 4.42 Å². The Bertz CT molecular complexity index is 1210. The molecule has 2 fully saturated rings. The summed E-state index contributed by atoms with van der Waals surface area (Å²) in [5.41, 5.74) is 0.960. The minimum absolute atomic E-state index is 0.223. The van der Waals surface area contributed by atoms with Gasteiger partial charge in [0.1, 0.15) is 0 Å². The molecule has 182 valence electrons. The number of aromatic nitrogens is 1. The van der Waals surface area contributed by atoms with Gasteiger partial charge in [-0.15, -0.1) is 0 Å². The van der Waals surface area contributed by atoms with Crippen LogP contribution in [0.4, 0.5) is 18.9 Å². The van der Waals surface area contributed by atoms with Crippen LogP contribution in [0.15, 0.2) is 59.0 Å². The van der Waals surface area contributed by atoms with E-state index in [1.165, 1.54) is 0 Å². The molecule has 2 amide bonds. The van der Waals surface area contributed by atoms with Crippen LogP contribution in [0.1, 0.15) is 53.4 Å². The first-order valence-electron chi connectivity index (χ1n) is 11.6. The van der Waals surface area contributed by atoms with E-state index in [1.54, 1.807) is 42.5 Å². The Hall–Kier alpha value is -3.62. The van der Waals surface area contributed by atoms with Crippen molar-refractivity contribution in [1.82, 2.24) is 9.88 Å². The summed E-state index contributed by atoms with van der Waals surface area (Å²) in [6.07, 6.45) is -1.15. The number of carbonyl (C=O) groups is 2. The molecule has 9 heteroatoms. The minimum atomic E-state index is -4.87. The number of likely N-dealkylation sites (tertiary alicyclic amines) is 1. The van der Waals surface area contributed by atoms with Crippen LogP contribution in [0.5, 0.6) is 0 Å². The normalized spacial score (nSPS) is 16.8. The van der Waals surface area contributed by atoms with Crippen molar-refractivity contribution in [2.45, 2.75) is 37.8 Å². The highest BCUT2D eigenvalue weighted by Crippen LogP contribution is 2.36. The summed E-state index contributed by atoms with van der Waals surface area (Å²) in [5, 5.41) is 2.49. The van der Waals surface area contributed by atoms with Gasteiger partial charge in [-0.2, -0.15) is 13.2 Å². The second-order valence-corrected chi connectivity index (χ2v) is 9.01. The zero-order valence-corrected chi connectivity index (χ0v) is 18.8. The third-order valence-electron chi connectivity index (χ3n) is 6.49. The topological polar surface area (TPSA) is 75.4 Å². The number of benzene rings is 2. The van der Waals surface area contributed by atoms with Crippen LogP contribution in [-0.2, 0) is 11.0 Å². The maximum atomic E-state index is 13.5. The Balaban J connectivity index is 1.26. The van der Waals surface area contributed by atoms with Crippen molar-refractivity contribution in [2.75, 3.05) is 18.4 Å². The lowest BCUT2D eigenvalue weighted by Gasteiger charge is -2.32. The fraction of sp³-hybridized carbons (Fsp3) is 0.346. The molecule has 3 aromatic rings. The lowest BCUT2D eigenvalue weighted by atomic mass is 9.89. The number of hydrogen-bond donors (Lipinski definition) is 1. The van der Waals surface area contributed by atoms with Crippen molar-refractivity contribution >= 4 is 17.5 Å². The molecule has 0 atom stereocenters. The minimum Gasteiger partial charge on any atom is -0.431 e. The molecule has 0 spiro atoms. The smallest absolute Gasteiger partial charge is 0.431 e. The Kier molecular flexibility index (Phi) is 6.08. The van der Waals surface area contributed by atoms with Gasteiger partial charge in [0.25, 0.3) is 5.91 Å². The van der Waals surface area contributed by atoms with Crippen molar-refractivity contribution in [3.8, 4) is 11.5 Å². The number of carbonyl (C=O) groups excluding carboxylic acids is 2. The molecule has 1 aliphatic carbocycles. The number of nitrogens with zero attached hydrogens (tertiary/aromatic N) is 2. The maximum absolute atomic E-state index is 13.5. The van der Waals surface area contributed by atoms with Crippen molar-refractivity contribution in [3.05, 3.63) is 71.6 Å². The standard InChI is InChI=1S/C26H24F3N3O3/c27-26(28,29)22-21(31-24(35-22)18-4-2-1-3-5-18)23(33)30-20-10-8-16(9-11-20)17-12-14-32(15-13-17)25(34)19-6-7-19/h1-5,8-11,17,19H,6-7,12-15H2,(H,30,33). The van der Waals surface area contributed by atoms with Gasteiger partial charge in [-0.1, -0.05) is 30.3 Å². The number of amides is 2. The first-order valence-corrected chi connectivity index (χ1v) is 11.6. The van der Waals surface area contributed by atoms with Crippen LogP contribution >= 0.6 is 0 Å². The Morgan fingerprint density at radius 3 is 2.20 bits per heavy atom. The number of anilines is 1. The lowest BCUT2D eigenvalue weighted by Crippen LogP contribution is -2.38. The fourth-order valence-corrected chi connectivity index (χ4v) is 4.42. The quantitative estimate of drug-likeness (QED) is 0.503. The molecule has 1 saturated heterocycles. The molecule has 6 nitrogen and oxygen atoms in total. The second kappa shape index (κ2) is 9.20. The number of rotatable bonds is 5. The van der Waals surface area contributed by atoms with E-state index in [-0.39, 0.29) is 17.7 Å². The van der Waals surface area contributed by atoms with Crippen molar-refractivity contribution in [1.29, 1.82) is 0 Å². The third kappa shape index (κ3) is 5.08. The Morgan fingerprint density at radius 1 is 0.943 bits per heavy atom. The highest BCUT2D eigenvalue weighted by molar-refractivity contribution is 6.04. The number of piperidine rings is 1. The van der Waals surface area contributed by atoms with Gasteiger partial charge in [0.05, 0.1) is 0 Å². The van der Waals surface area contributed by atoms with E-state index in [2.05, 4.69) is 10.3 Å². The van der Waals surface area contributed by atoms with E-state index in [1.807, 2.05) is 17.0 Å². The van der Waals surface area contributed by atoms with Crippen molar-refractivity contribution < 1.29 is 27.2 Å². The van der Waals surface area contributed by atoms with Gasteiger partial charge in [-0.25, -0.2) is 4.98 Å². The zero-order valence-electron chi connectivity index (χ0n) is 18.8. The van der Waals surface area contributed by atoms with Gasteiger partial charge < -0.3 is 14.6 Å². The number of nitrogens with one attached hydrogen (secondary N) is 1. The molecule has 1 N–H and O–H groups in total. The molecule has 1 aliphatic heterocycles. The van der Waals surface area contributed by atoms with E-state index in [9.17, 15) is 22.8 Å². The molecule has 2 aromatic carbocycles. The Morgan fingerprint density at radius 2 is 1.60 bits per heavy atom. The lowest BCUT2D eigenvalue weighted by molar-refractivity contribution is -0.153. The molecule has 2 heterocycles. The van der Waals surface area contributed by atoms with Gasteiger partial charge >= 0.3 is 6.18 Å². The number of alkyl halides is 3. The van der Waals surface area contributed by atoms with Gasteiger partial charge in [0, 0.05) is 30.3 Å². The molecular weight excluding hydrogens is 459 g/mol. The van der Waals surface area contributed by atoms with E-state index < -0.39 is 23.5 Å². The largest absolute Gasteiger partial charge is 0.452 e. The summed E-state index contributed by atoms with van der Waals surface area (Å²) in [6, 6.07) is 15.2. The highest BCUT2D eigenvalue weighted by Gasteiger charge is 2.42. The van der Waals surface area contributed by atoms with E-state index in [0.717, 1.165) is 44.3 Å². The zero-order chi connectivity index (χ0) is 24.6. The second-order valence-electron chi connectivity index (χ2n) is 9.01. The SMILES string of the molecule is O=C(Nc1ccc(C2CCN(C(=O)C3CC3)CC2)cc1)c1nc(-c2ccccc2)oc1C(F)(F)F. The summed E-state index contributed by atoms with van der Waals surface area (Å²) in [4.78, 5) is 30.7. The Labute approximate surface area is 200 Å². The summed E-state index contributed by atoms with van der Waals surface area (Å²) < 4.78 is 45.5. The summed E-state index contributed by atoms with van der Waals surface area (Å²) in [5.74, 6) is -1.92. The molecule has 35 heavy (non-hydrogen) atoms. The predicted molar refractivity (Wildman–Crippen MR) is 123 cm³/mol. The van der Waals surface area contributed by atoms with Crippen LogP contribution in [-0.4, -0.2) is 34.8 Å². The van der Waals surface area contributed by atoms with Crippen LogP contribution in [0.3, 0.4) is 0 Å². The number of halogens is 3. The number of hydrogen-bond acceptors (Lipinski definition) is 4. The van der Waals surface area contributed by atoms with Crippen molar-refractivity contribution in [2.24, 2.45) is 5.92 Å². The van der Waals surface area contributed by atoms with Crippen LogP contribution < -0.4 is 5.32 Å². The number of oxazole rings is 1. The fourth-order valence-electron chi connectivity index (χ4n) is 4.42. The van der Waals surface area contributed by atoms with E-state index >= 15 is 0 Å². The molecule has 1 aromatic heterocycles. The predicted octanol–water partition coefficient (Wildman–Crippen LogP) is 5.73. The molecule has 0 bridgehead atoms. The molecule has 1 saturated carbocycles. The van der Waals surface area contributed by atoms with Crippen molar-refractivity contribution in [3.63, 3.8) is 0 Å².